The third-order valence-electron chi connectivity index (χ3n) is 7.02. The van der Waals surface area contributed by atoms with Gasteiger partial charge in [0.25, 0.3) is 5.89 Å². The van der Waals surface area contributed by atoms with Gasteiger partial charge in [-0.25, -0.2) is 13.2 Å². The fourth-order valence-corrected chi connectivity index (χ4v) is 4.98. The molecule has 1 fully saturated rings. The summed E-state index contributed by atoms with van der Waals surface area (Å²) >= 11 is 0. The summed E-state index contributed by atoms with van der Waals surface area (Å²) in [6.07, 6.45) is 1.84. The molecule has 1 aromatic heterocycles. The maximum atomic E-state index is 14.4. The molecule has 1 aliphatic heterocycles. The van der Waals surface area contributed by atoms with Crippen molar-refractivity contribution in [1.29, 1.82) is 0 Å². The quantitative estimate of drug-likeness (QED) is 0.455. The summed E-state index contributed by atoms with van der Waals surface area (Å²) in [6, 6.07) is 10.3. The zero-order chi connectivity index (χ0) is 25.2. The number of benzene rings is 2. The van der Waals surface area contributed by atoms with Gasteiger partial charge in [0.15, 0.2) is 17.7 Å². The molecule has 0 unspecified atom stereocenters. The minimum atomic E-state index is -1.35. The van der Waals surface area contributed by atoms with Gasteiger partial charge >= 0.3 is 5.97 Å². The summed E-state index contributed by atoms with van der Waals surface area (Å²) < 4.78 is 50.1. The number of fused-ring (bicyclic) bond motifs is 1. The molecule has 10 heteroatoms. The molecule has 0 saturated heterocycles. The van der Waals surface area contributed by atoms with Crippen molar-refractivity contribution in [1.82, 2.24) is 15.0 Å². The number of nitrogens with zero attached hydrogens (tertiary/aromatic N) is 3. The first-order valence-corrected chi connectivity index (χ1v) is 12.0. The van der Waals surface area contributed by atoms with E-state index in [-0.39, 0.29) is 17.6 Å². The van der Waals surface area contributed by atoms with E-state index in [0.29, 0.717) is 30.3 Å². The van der Waals surface area contributed by atoms with E-state index in [1.807, 2.05) is 18.2 Å². The van der Waals surface area contributed by atoms with E-state index in [0.717, 1.165) is 37.6 Å². The maximum absolute atomic E-state index is 14.4. The largest absolute Gasteiger partial charge is 0.482 e. The van der Waals surface area contributed by atoms with Crippen molar-refractivity contribution in [3.05, 3.63) is 53.3 Å². The normalized spacial score (nSPS) is 20.0. The van der Waals surface area contributed by atoms with Crippen molar-refractivity contribution >= 4 is 5.97 Å². The highest BCUT2D eigenvalue weighted by atomic mass is 19.1. The van der Waals surface area contributed by atoms with Crippen LogP contribution in [-0.4, -0.2) is 51.6 Å². The Kier molecular flexibility index (Phi) is 6.95. The van der Waals surface area contributed by atoms with E-state index < -0.39 is 31.2 Å². The van der Waals surface area contributed by atoms with Crippen LogP contribution >= 0.6 is 0 Å². The molecule has 1 saturated carbocycles. The van der Waals surface area contributed by atoms with E-state index >= 15 is 0 Å². The van der Waals surface area contributed by atoms with Crippen LogP contribution in [0.25, 0.3) is 22.8 Å². The second-order valence-electron chi connectivity index (χ2n) is 9.35. The molecule has 0 spiro atoms. The standard InChI is InChI=1S/C26H26F3N3O4/c27-11-21(12-28)35-23-8-5-17(10-22(23)29)25-30-24(31-36-25)16-1-2-18-13-32(14-19(18)9-16)20-6-3-15(4-7-20)26(33)34/h1-2,5,8-10,15,20-21H,3-4,6-7,11-14H2,(H,33,34). The van der Waals surface area contributed by atoms with E-state index in [2.05, 4.69) is 15.0 Å². The van der Waals surface area contributed by atoms with Crippen LogP contribution in [0.4, 0.5) is 13.2 Å². The lowest BCUT2D eigenvalue weighted by Gasteiger charge is -2.33. The first kappa shape index (κ1) is 24.3. The number of halogens is 3. The Bertz CT molecular complexity index is 1240. The smallest absolute Gasteiger partial charge is 0.306 e. The number of hydrogen-bond acceptors (Lipinski definition) is 6. The van der Waals surface area contributed by atoms with Gasteiger partial charge in [-0.2, -0.15) is 4.98 Å². The molecule has 190 valence electrons. The number of carboxylic acid groups (broad SMARTS) is 1. The molecule has 0 atom stereocenters. The van der Waals surface area contributed by atoms with Crippen molar-refractivity contribution in [3.63, 3.8) is 0 Å². The van der Waals surface area contributed by atoms with Gasteiger partial charge in [-0.05, 0) is 61.1 Å². The molecule has 3 aromatic rings. The van der Waals surface area contributed by atoms with Crippen LogP contribution in [0, 0.1) is 11.7 Å². The van der Waals surface area contributed by atoms with Crippen molar-refractivity contribution in [2.75, 3.05) is 13.3 Å². The highest BCUT2D eigenvalue weighted by Crippen LogP contribution is 2.35. The van der Waals surface area contributed by atoms with Crippen molar-refractivity contribution in [2.24, 2.45) is 5.92 Å². The van der Waals surface area contributed by atoms with Gasteiger partial charge in [0.05, 0.1) is 5.92 Å². The number of alkyl halides is 2. The number of rotatable bonds is 8. The molecule has 0 bridgehead atoms. The van der Waals surface area contributed by atoms with Gasteiger partial charge in [0, 0.05) is 30.3 Å². The van der Waals surface area contributed by atoms with Gasteiger partial charge in [-0.3, -0.25) is 9.69 Å². The van der Waals surface area contributed by atoms with Crippen molar-refractivity contribution in [3.8, 4) is 28.6 Å². The Morgan fingerprint density at radius 2 is 1.78 bits per heavy atom. The molecule has 2 heterocycles. The zero-order valence-corrected chi connectivity index (χ0v) is 19.5. The first-order chi connectivity index (χ1) is 17.4. The molecule has 2 aromatic carbocycles. The summed E-state index contributed by atoms with van der Waals surface area (Å²) in [5.74, 6) is -1.49. The zero-order valence-electron chi connectivity index (χ0n) is 19.5. The second-order valence-corrected chi connectivity index (χ2v) is 9.35. The van der Waals surface area contributed by atoms with Crippen LogP contribution in [0.5, 0.6) is 5.75 Å². The van der Waals surface area contributed by atoms with E-state index in [4.69, 9.17) is 9.26 Å². The predicted molar refractivity (Wildman–Crippen MR) is 124 cm³/mol. The Morgan fingerprint density at radius 3 is 2.47 bits per heavy atom. The predicted octanol–water partition coefficient (Wildman–Crippen LogP) is 5.19. The Morgan fingerprint density at radius 1 is 1.06 bits per heavy atom. The second kappa shape index (κ2) is 10.3. The summed E-state index contributed by atoms with van der Waals surface area (Å²) in [4.78, 5) is 18.0. The number of carbonyl (C=O) groups is 1. The number of hydrogen-bond donors (Lipinski definition) is 1. The molecule has 2 aliphatic rings. The summed E-state index contributed by atoms with van der Waals surface area (Å²) in [7, 11) is 0. The summed E-state index contributed by atoms with van der Waals surface area (Å²) in [6.45, 7) is -0.513. The van der Waals surface area contributed by atoms with E-state index in [9.17, 15) is 23.1 Å². The van der Waals surface area contributed by atoms with E-state index in [1.54, 1.807) is 0 Å². The number of ether oxygens (including phenoxy) is 1. The van der Waals surface area contributed by atoms with Crippen LogP contribution in [0.15, 0.2) is 40.9 Å². The Labute approximate surface area is 205 Å². The lowest BCUT2D eigenvalue weighted by atomic mass is 9.85. The average molecular weight is 502 g/mol. The average Bonchev–Trinajstić information content (AvgIpc) is 3.55. The third-order valence-corrected chi connectivity index (χ3v) is 7.02. The molecular formula is C26H26F3N3O4. The summed E-state index contributed by atoms with van der Waals surface area (Å²) in [5.41, 5.74) is 3.48. The minimum absolute atomic E-state index is 0.111. The van der Waals surface area contributed by atoms with E-state index in [1.165, 1.54) is 23.3 Å². The first-order valence-electron chi connectivity index (χ1n) is 12.0. The molecular weight excluding hydrogens is 475 g/mol. The third kappa shape index (κ3) is 4.95. The highest BCUT2D eigenvalue weighted by Gasteiger charge is 2.32. The minimum Gasteiger partial charge on any atom is -0.482 e. The molecule has 1 aliphatic carbocycles. The van der Waals surface area contributed by atoms with Gasteiger partial charge in [0.2, 0.25) is 5.82 Å². The molecule has 0 radical (unpaired) electrons. The molecule has 7 nitrogen and oxygen atoms in total. The van der Waals surface area contributed by atoms with Gasteiger partial charge in [0.1, 0.15) is 13.3 Å². The topological polar surface area (TPSA) is 88.7 Å². The van der Waals surface area contributed by atoms with Crippen molar-refractivity contribution < 1.29 is 32.3 Å². The van der Waals surface area contributed by atoms with Crippen molar-refractivity contribution in [2.45, 2.75) is 50.9 Å². The Hall–Kier alpha value is -3.40. The van der Waals surface area contributed by atoms with Crippen LogP contribution in [0.1, 0.15) is 36.8 Å². The lowest BCUT2D eigenvalue weighted by molar-refractivity contribution is -0.143. The monoisotopic (exact) mass is 501 g/mol. The van der Waals surface area contributed by atoms with Crippen LogP contribution < -0.4 is 4.74 Å². The highest BCUT2D eigenvalue weighted by molar-refractivity contribution is 5.70. The van der Waals surface area contributed by atoms with Crippen LogP contribution in [-0.2, 0) is 17.9 Å². The fourth-order valence-electron chi connectivity index (χ4n) is 4.98. The van der Waals surface area contributed by atoms with Crippen LogP contribution in [0.3, 0.4) is 0 Å². The number of aromatic nitrogens is 2. The summed E-state index contributed by atoms with van der Waals surface area (Å²) in [5, 5.41) is 13.3. The van der Waals surface area contributed by atoms with Gasteiger partial charge < -0.3 is 14.4 Å². The molecule has 1 N–H and O–H groups in total. The molecule has 0 amide bonds. The number of carboxylic acids is 1. The molecule has 5 rings (SSSR count). The van der Waals surface area contributed by atoms with Crippen LogP contribution in [0.2, 0.25) is 0 Å². The molecule has 36 heavy (non-hydrogen) atoms. The number of aliphatic carboxylic acids is 1. The lowest BCUT2D eigenvalue weighted by Crippen LogP contribution is -2.35. The fraction of sp³-hybridized carbons (Fsp3) is 0.423. The SMILES string of the molecule is O=C(O)C1CCC(N2Cc3ccc(-c4noc(-c5ccc(OC(CF)CF)c(F)c5)n4)cc3C2)CC1. The van der Waals surface area contributed by atoms with Gasteiger partial charge in [-0.1, -0.05) is 17.3 Å². The Balaban J connectivity index is 1.27. The maximum Gasteiger partial charge on any atom is 0.306 e. The van der Waals surface area contributed by atoms with Gasteiger partial charge in [-0.15, -0.1) is 0 Å².